The number of carbonyl (C=O) groups excluding carboxylic acids is 3. The van der Waals surface area contributed by atoms with Crippen molar-refractivity contribution in [3.05, 3.63) is 39.7 Å². The number of aliphatic hydroxyl groups is 3. The summed E-state index contributed by atoms with van der Waals surface area (Å²) in [6.45, 7) is 8.65. The molecule has 0 unspecified atom stereocenters. The predicted octanol–water partition coefficient (Wildman–Crippen LogP) is 2.13. The lowest BCUT2D eigenvalue weighted by atomic mass is 9.57. The number of likely N-dealkylation sites (N-methyl/N-ethyl adjacent to an activating group) is 1. The molecule has 240 valence electrons. The van der Waals surface area contributed by atoms with Gasteiger partial charge in [0.1, 0.15) is 22.8 Å². The van der Waals surface area contributed by atoms with Gasteiger partial charge >= 0.3 is 0 Å². The number of aromatic hydroxyl groups is 1. The van der Waals surface area contributed by atoms with E-state index in [0.717, 1.165) is 18.5 Å². The molecule has 0 spiro atoms. The molecule has 4 atom stereocenters. The summed E-state index contributed by atoms with van der Waals surface area (Å²) in [5.74, 6) is -6.18. The number of phenols is 1. The zero-order chi connectivity index (χ0) is 32.8. The number of piperidine rings is 1. The van der Waals surface area contributed by atoms with Crippen LogP contribution in [0.5, 0.6) is 5.75 Å². The number of aliphatic hydroxyl groups excluding tert-OH is 2. The van der Waals surface area contributed by atoms with E-state index >= 15 is 0 Å². The summed E-state index contributed by atoms with van der Waals surface area (Å²) < 4.78 is 0. The van der Waals surface area contributed by atoms with Gasteiger partial charge in [0.05, 0.1) is 11.6 Å². The molecule has 1 amide bonds. The summed E-state index contributed by atoms with van der Waals surface area (Å²) >= 11 is 0. The van der Waals surface area contributed by atoms with Crippen LogP contribution in [0.25, 0.3) is 5.76 Å². The molecule has 1 heterocycles. The van der Waals surface area contributed by atoms with Crippen molar-refractivity contribution in [2.45, 2.75) is 82.5 Å². The number of nitrogens with two attached hydrogens (primary N) is 1. The third-order valence-electron chi connectivity index (χ3n) is 10.0. The highest BCUT2D eigenvalue weighted by molar-refractivity contribution is 6.24. The molecule has 5 rings (SSSR count). The number of nitrogens with one attached hydrogen (secondary N) is 1. The molecule has 4 aliphatic rings. The molecule has 11 heteroatoms. The first kappa shape index (κ1) is 32.0. The van der Waals surface area contributed by atoms with E-state index in [2.05, 4.69) is 33.0 Å². The summed E-state index contributed by atoms with van der Waals surface area (Å²) in [6, 6.07) is 0.839. The predicted molar refractivity (Wildman–Crippen MR) is 166 cm³/mol. The molecule has 11 nitrogen and oxygen atoms in total. The Kier molecular flexibility index (Phi) is 7.50. The molecule has 1 saturated heterocycles. The normalized spacial score (nSPS) is 29.8. The molecule has 3 aliphatic carbocycles. The molecule has 1 aliphatic heterocycles. The Balaban J connectivity index is 1.67. The number of rotatable bonds is 5. The van der Waals surface area contributed by atoms with E-state index in [1.807, 2.05) is 25.1 Å². The van der Waals surface area contributed by atoms with Crippen LogP contribution in [-0.4, -0.2) is 93.7 Å². The van der Waals surface area contributed by atoms with Crippen molar-refractivity contribution < 1.29 is 34.8 Å². The Morgan fingerprint density at radius 3 is 2.16 bits per heavy atom. The van der Waals surface area contributed by atoms with Crippen molar-refractivity contribution >= 4 is 28.9 Å². The number of Topliss-reactive ketones (excluding diaryl/α,β-unsaturated/α-hetero) is 2. The molecule has 44 heavy (non-hydrogen) atoms. The summed E-state index contributed by atoms with van der Waals surface area (Å²) in [5.41, 5.74) is 3.83. The Bertz CT molecular complexity index is 1510. The molecule has 1 aromatic carbocycles. The zero-order valence-corrected chi connectivity index (χ0v) is 26.9. The smallest absolute Gasteiger partial charge is 0.255 e. The monoisotopic (exact) mass is 610 g/mol. The second-order valence-corrected chi connectivity index (χ2v) is 15.0. The Labute approximate surface area is 258 Å². The Morgan fingerprint density at radius 2 is 1.64 bits per heavy atom. The van der Waals surface area contributed by atoms with Gasteiger partial charge in [-0.3, -0.25) is 19.3 Å². The fourth-order valence-corrected chi connectivity index (χ4v) is 8.89. The molecule has 1 saturated carbocycles. The van der Waals surface area contributed by atoms with Crippen molar-refractivity contribution in [1.82, 2.24) is 10.2 Å². The van der Waals surface area contributed by atoms with Crippen molar-refractivity contribution in [1.29, 1.82) is 0 Å². The second-order valence-electron chi connectivity index (χ2n) is 15.0. The van der Waals surface area contributed by atoms with E-state index in [-0.39, 0.29) is 46.7 Å². The van der Waals surface area contributed by atoms with Gasteiger partial charge in [-0.25, -0.2) is 0 Å². The average Bonchev–Trinajstić information content (AvgIpc) is 2.85. The fraction of sp³-hybridized carbons (Fsp3) is 0.606. The van der Waals surface area contributed by atoms with Crippen LogP contribution < -0.4 is 16.0 Å². The minimum absolute atomic E-state index is 0.0559. The number of nitrogens with zero attached hydrogens (tertiary/aromatic N) is 2. The van der Waals surface area contributed by atoms with Crippen LogP contribution in [-0.2, 0) is 27.2 Å². The SMILES string of the molecule is CN(C)c1cc(CC2CC(C)(C)NC(C)(C)C2)c(O)c2c1C[C@@H]1C[C@@H]3[C@@H](N(C)C)C(=O)C(C(N)=O)=C(O)[C@]3(O)C(=O)C1=C2O. The van der Waals surface area contributed by atoms with E-state index in [1.54, 1.807) is 14.1 Å². The first-order valence-electron chi connectivity index (χ1n) is 15.2. The van der Waals surface area contributed by atoms with Gasteiger partial charge in [0.25, 0.3) is 5.91 Å². The largest absolute Gasteiger partial charge is 0.508 e. The number of carbonyl (C=O) groups is 3. The van der Waals surface area contributed by atoms with Crippen LogP contribution in [0.1, 0.15) is 63.6 Å². The number of hydrogen-bond acceptors (Lipinski definition) is 10. The van der Waals surface area contributed by atoms with Crippen molar-refractivity contribution in [2.24, 2.45) is 23.5 Å². The number of benzene rings is 1. The highest BCUT2D eigenvalue weighted by Crippen LogP contribution is 2.54. The molecule has 1 aromatic rings. The fourth-order valence-electron chi connectivity index (χ4n) is 8.89. The van der Waals surface area contributed by atoms with Crippen LogP contribution in [0.15, 0.2) is 23.0 Å². The molecule has 7 N–H and O–H groups in total. The topological polar surface area (TPSA) is 177 Å². The van der Waals surface area contributed by atoms with E-state index in [1.165, 1.54) is 4.90 Å². The number of phenolic OH excluding ortho intramolecular Hbond substituents is 1. The number of amides is 1. The number of ketones is 2. The lowest BCUT2D eigenvalue weighted by molar-refractivity contribution is -0.153. The highest BCUT2D eigenvalue weighted by atomic mass is 16.3. The highest BCUT2D eigenvalue weighted by Gasteiger charge is 2.64. The lowest BCUT2D eigenvalue weighted by Crippen LogP contribution is -2.65. The minimum atomic E-state index is -2.66. The number of fused-ring (bicyclic) bond motifs is 3. The van der Waals surface area contributed by atoms with Gasteiger partial charge in [-0.1, -0.05) is 0 Å². The molecular weight excluding hydrogens is 564 g/mol. The van der Waals surface area contributed by atoms with Crippen molar-refractivity contribution in [3.8, 4) is 5.75 Å². The van der Waals surface area contributed by atoms with Gasteiger partial charge in [0, 0.05) is 42.4 Å². The maximum Gasteiger partial charge on any atom is 0.255 e. The van der Waals surface area contributed by atoms with Gasteiger partial charge in [-0.15, -0.1) is 0 Å². The van der Waals surface area contributed by atoms with Gasteiger partial charge < -0.3 is 36.4 Å². The molecule has 2 fully saturated rings. The quantitative estimate of drug-likeness (QED) is 0.271. The molecular formula is C33H46N4O7. The van der Waals surface area contributed by atoms with E-state index in [9.17, 15) is 34.8 Å². The number of anilines is 1. The minimum Gasteiger partial charge on any atom is -0.508 e. The number of primary amides is 1. The Morgan fingerprint density at radius 1 is 1.05 bits per heavy atom. The van der Waals surface area contributed by atoms with E-state index < -0.39 is 58.0 Å². The third kappa shape index (κ3) is 4.80. The summed E-state index contributed by atoms with van der Waals surface area (Å²) in [4.78, 5) is 43.2. The lowest BCUT2D eigenvalue weighted by Gasteiger charge is -2.50. The van der Waals surface area contributed by atoms with Gasteiger partial charge in [-0.2, -0.15) is 0 Å². The van der Waals surface area contributed by atoms with Gasteiger partial charge in [-0.05, 0) is 103 Å². The first-order valence-corrected chi connectivity index (χ1v) is 15.2. The van der Waals surface area contributed by atoms with E-state index in [0.29, 0.717) is 17.5 Å². The van der Waals surface area contributed by atoms with Crippen molar-refractivity contribution in [3.63, 3.8) is 0 Å². The third-order valence-corrected chi connectivity index (χ3v) is 10.0. The van der Waals surface area contributed by atoms with Gasteiger partial charge in [0.15, 0.2) is 11.4 Å². The van der Waals surface area contributed by atoms with Crippen LogP contribution >= 0.6 is 0 Å². The standard InChI is InChI=1S/C33H46N4O7/c1-31(2)13-15(14-32(3,4)35-31)9-17-12-20(36(5)6)18-10-16-11-19-24(37(7)8)27(40)23(30(34)43)29(42)33(19,44)28(41)21(16)26(39)22(18)25(17)38/h12,15-16,19,24,35,38-39,42,44H,9-11,13-14H2,1-8H3,(H2,34,43)/t16-,19-,24-,33-/m1/s1. The van der Waals surface area contributed by atoms with Crippen LogP contribution in [0.4, 0.5) is 5.69 Å². The van der Waals surface area contributed by atoms with Crippen LogP contribution in [0, 0.1) is 17.8 Å². The zero-order valence-electron chi connectivity index (χ0n) is 26.9. The maximum absolute atomic E-state index is 14.2. The van der Waals surface area contributed by atoms with Crippen molar-refractivity contribution in [2.75, 3.05) is 33.1 Å². The second kappa shape index (κ2) is 10.3. The van der Waals surface area contributed by atoms with E-state index in [4.69, 9.17) is 5.73 Å². The maximum atomic E-state index is 14.2. The molecule has 0 aromatic heterocycles. The van der Waals surface area contributed by atoms with Gasteiger partial charge in [0.2, 0.25) is 5.78 Å². The summed E-state index contributed by atoms with van der Waals surface area (Å²) in [5, 5.41) is 50.2. The van der Waals surface area contributed by atoms with Crippen LogP contribution in [0.3, 0.4) is 0 Å². The molecule has 0 radical (unpaired) electrons. The number of hydrogen-bond donors (Lipinski definition) is 6. The Hall–Kier alpha value is -3.41. The summed E-state index contributed by atoms with van der Waals surface area (Å²) in [6.07, 6.45) is 2.63. The van der Waals surface area contributed by atoms with Crippen LogP contribution in [0.2, 0.25) is 0 Å². The molecule has 0 bridgehead atoms. The summed E-state index contributed by atoms with van der Waals surface area (Å²) in [7, 11) is 6.93. The first-order chi connectivity index (χ1) is 20.2. The average molecular weight is 611 g/mol.